The number of ether oxygens (including phenoxy) is 2. The fourth-order valence-electron chi connectivity index (χ4n) is 4.32. The molecule has 0 saturated heterocycles. The van der Waals surface area contributed by atoms with E-state index < -0.39 is 5.97 Å². The van der Waals surface area contributed by atoms with Gasteiger partial charge in [-0.3, -0.25) is 4.79 Å². The average Bonchev–Trinajstić information content (AvgIpc) is 3.46. The molecule has 6 heteroatoms. The Morgan fingerprint density at radius 2 is 1.46 bits per heavy atom. The Kier molecular flexibility index (Phi) is 5.33. The number of nitrogens with zero attached hydrogens (tertiary/aromatic N) is 2. The van der Waals surface area contributed by atoms with Gasteiger partial charge >= 0.3 is 18.2 Å². The van der Waals surface area contributed by atoms with Gasteiger partial charge < -0.3 is 15.0 Å². The van der Waals surface area contributed by atoms with Crippen molar-refractivity contribution in [1.82, 2.24) is 0 Å². The van der Waals surface area contributed by atoms with Gasteiger partial charge in [0.1, 0.15) is 0 Å². The number of hydrogen-bond donors (Lipinski definition) is 0. The molecule has 5 fully saturated rings. The molecule has 2 spiro atoms. The number of rotatable bonds is 4. The number of carbonyl (C=O) groups is 2. The van der Waals surface area contributed by atoms with Crippen LogP contribution in [-0.4, -0.2) is 36.2 Å². The molecule has 0 amide bonds. The summed E-state index contributed by atoms with van der Waals surface area (Å²) < 4.78 is 9.41. The lowest BCUT2D eigenvalue weighted by Gasteiger charge is -1.98. The topological polar surface area (TPSA) is 89.0 Å². The number of hydrogen-bond acceptors (Lipinski definition) is 4. The number of esters is 2. The van der Waals surface area contributed by atoms with Gasteiger partial charge in [-0.05, 0) is 76.0 Å². The molecule has 0 bridgehead atoms. The van der Waals surface area contributed by atoms with E-state index in [2.05, 4.69) is 9.53 Å². The molecule has 0 radical (unpaired) electrons. The Morgan fingerprint density at radius 1 is 1.00 bits per heavy atom. The third-order valence-electron chi connectivity index (χ3n) is 6.06. The van der Waals surface area contributed by atoms with Crippen LogP contribution in [0.3, 0.4) is 0 Å². The van der Waals surface area contributed by atoms with E-state index in [0.29, 0.717) is 36.2 Å². The largest absolute Gasteiger partial charge is 0.466 e. The molecule has 0 N–H and O–H groups in total. The summed E-state index contributed by atoms with van der Waals surface area (Å²) in [5.74, 6) is -0.229. The molecule has 5 aliphatic rings. The first-order chi connectivity index (χ1) is 12.5. The first kappa shape index (κ1) is 18.8. The molecule has 0 heterocycles. The first-order valence-electron chi connectivity index (χ1n) is 9.75. The number of allylic oxidation sites excluding steroid dienone is 2. The second kappa shape index (κ2) is 7.36. The molecule has 26 heavy (non-hydrogen) atoms. The van der Waals surface area contributed by atoms with E-state index in [-0.39, 0.29) is 5.97 Å². The zero-order valence-electron chi connectivity index (χ0n) is 15.8. The van der Waals surface area contributed by atoms with Crippen molar-refractivity contribution in [2.24, 2.45) is 16.7 Å². The van der Waals surface area contributed by atoms with Gasteiger partial charge in [0.25, 0.3) is 0 Å². The van der Waals surface area contributed by atoms with Crippen LogP contribution in [0.4, 0.5) is 0 Å². The molecule has 5 saturated carbocycles. The zero-order valence-corrected chi connectivity index (χ0v) is 15.8. The van der Waals surface area contributed by atoms with Crippen molar-refractivity contribution in [2.75, 3.05) is 13.2 Å². The van der Waals surface area contributed by atoms with Crippen LogP contribution in [0.25, 0.3) is 5.53 Å². The molecule has 0 aromatic rings. The van der Waals surface area contributed by atoms with Crippen LogP contribution in [0, 0.1) is 16.7 Å². The fraction of sp³-hybridized carbons (Fsp3) is 0.750. The van der Waals surface area contributed by atoms with E-state index in [9.17, 15) is 9.59 Å². The summed E-state index contributed by atoms with van der Waals surface area (Å²) in [7, 11) is 0. The van der Waals surface area contributed by atoms with Crippen LogP contribution < -0.4 is 0 Å². The van der Waals surface area contributed by atoms with Crippen LogP contribution in [-0.2, 0) is 19.1 Å². The van der Waals surface area contributed by atoms with Crippen molar-refractivity contribution in [2.45, 2.75) is 65.2 Å². The molecule has 0 aliphatic heterocycles. The Balaban J connectivity index is 0.000000122. The summed E-state index contributed by atoms with van der Waals surface area (Å²) in [4.78, 5) is 24.1. The molecule has 5 rings (SSSR count). The smallest absolute Gasteiger partial charge is 0.413 e. The Labute approximate surface area is 154 Å². The van der Waals surface area contributed by atoms with Gasteiger partial charge in [-0.1, -0.05) is 11.1 Å². The van der Waals surface area contributed by atoms with Crippen LogP contribution in [0.1, 0.15) is 65.2 Å². The highest BCUT2D eigenvalue weighted by Gasteiger charge is 2.89. The highest BCUT2D eigenvalue weighted by Crippen LogP contribution is 2.92. The minimum Gasteiger partial charge on any atom is -0.466 e. The summed E-state index contributed by atoms with van der Waals surface area (Å²) in [6.07, 6.45) is 11.6. The second-order valence-corrected chi connectivity index (χ2v) is 7.70. The third kappa shape index (κ3) is 3.90. The third-order valence-corrected chi connectivity index (χ3v) is 6.06. The predicted molar refractivity (Wildman–Crippen MR) is 95.3 cm³/mol. The van der Waals surface area contributed by atoms with Gasteiger partial charge in [0.05, 0.1) is 19.1 Å². The zero-order chi connectivity index (χ0) is 18.8. The standard InChI is InChI=1S/C10H14O2.C6H8.C4H6N2O2/c1-2-12-8(11)7-9(3-4-9)10(7)5-6-10;1-2-5(1)6-3-4-6;1-2-8-4(7)3-6-5/h7H,2-6H2,1H3;1-4H2;3H,2H2,1H3. The Bertz CT molecular complexity index is 623. The molecule has 142 valence electrons. The van der Waals surface area contributed by atoms with Crippen molar-refractivity contribution in [3.8, 4) is 0 Å². The molecule has 6 nitrogen and oxygen atoms in total. The van der Waals surface area contributed by atoms with Crippen LogP contribution in [0.15, 0.2) is 11.1 Å². The predicted octanol–water partition coefficient (Wildman–Crippen LogP) is 3.46. The summed E-state index contributed by atoms with van der Waals surface area (Å²) in [5, 5.41) is 0. The van der Waals surface area contributed by atoms with Crippen molar-refractivity contribution in [3.63, 3.8) is 0 Å². The molecular weight excluding hydrogens is 332 g/mol. The van der Waals surface area contributed by atoms with Gasteiger partial charge in [0.2, 0.25) is 0 Å². The summed E-state index contributed by atoms with van der Waals surface area (Å²) in [6.45, 7) is 4.40. The summed E-state index contributed by atoms with van der Waals surface area (Å²) in [6, 6.07) is 0. The van der Waals surface area contributed by atoms with Crippen molar-refractivity contribution in [1.29, 1.82) is 0 Å². The van der Waals surface area contributed by atoms with Crippen LogP contribution >= 0.6 is 0 Å². The van der Waals surface area contributed by atoms with E-state index >= 15 is 0 Å². The van der Waals surface area contributed by atoms with E-state index in [1.165, 1.54) is 51.4 Å². The number of fused-ring (bicyclic) bond motifs is 1. The molecule has 0 aromatic carbocycles. The first-order valence-corrected chi connectivity index (χ1v) is 9.75. The lowest BCUT2D eigenvalue weighted by atomic mass is 10.3. The van der Waals surface area contributed by atoms with Gasteiger partial charge in [-0.2, -0.15) is 4.79 Å². The Morgan fingerprint density at radius 3 is 1.77 bits per heavy atom. The SMILES string of the molecule is C1CC1=C1CC1.CCOC(=O)C1C2(CC2)C12CC2.CCOC(=O)C=[N+]=[N-]. The van der Waals surface area contributed by atoms with E-state index in [1.807, 2.05) is 6.92 Å². The minimum absolute atomic E-state index is 0.0903. The van der Waals surface area contributed by atoms with E-state index in [0.717, 1.165) is 0 Å². The fourth-order valence-corrected chi connectivity index (χ4v) is 4.32. The van der Waals surface area contributed by atoms with Crippen molar-refractivity contribution < 1.29 is 23.9 Å². The monoisotopic (exact) mass is 360 g/mol. The molecule has 0 aromatic heterocycles. The molecule has 0 unspecified atom stereocenters. The van der Waals surface area contributed by atoms with Gasteiger partial charge in [0, 0.05) is 0 Å². The normalized spacial score (nSPS) is 25.5. The highest BCUT2D eigenvalue weighted by molar-refractivity contribution is 6.20. The lowest BCUT2D eigenvalue weighted by Crippen LogP contribution is -2.08. The summed E-state index contributed by atoms with van der Waals surface area (Å²) in [5.41, 5.74) is 12.2. The lowest BCUT2D eigenvalue weighted by molar-refractivity contribution is -0.145. The van der Waals surface area contributed by atoms with Crippen LogP contribution in [0.5, 0.6) is 0 Å². The second-order valence-electron chi connectivity index (χ2n) is 7.70. The summed E-state index contributed by atoms with van der Waals surface area (Å²) >= 11 is 0. The molecular formula is C20H28N2O4. The molecule has 0 atom stereocenters. The molecule has 5 aliphatic carbocycles. The van der Waals surface area contributed by atoms with Crippen molar-refractivity contribution in [3.05, 3.63) is 16.7 Å². The van der Waals surface area contributed by atoms with E-state index in [1.54, 1.807) is 18.1 Å². The minimum atomic E-state index is -0.630. The van der Waals surface area contributed by atoms with Crippen LogP contribution in [0.2, 0.25) is 0 Å². The maximum absolute atomic E-state index is 11.5. The van der Waals surface area contributed by atoms with Gasteiger partial charge in [0.15, 0.2) is 0 Å². The maximum atomic E-state index is 11.5. The highest BCUT2D eigenvalue weighted by atomic mass is 16.5. The van der Waals surface area contributed by atoms with E-state index in [4.69, 9.17) is 10.3 Å². The Hall–Kier alpha value is -1.94. The van der Waals surface area contributed by atoms with Gasteiger partial charge in [-0.15, -0.1) is 0 Å². The number of carbonyl (C=O) groups excluding carboxylic acids is 2. The van der Waals surface area contributed by atoms with Crippen molar-refractivity contribution >= 4 is 18.2 Å². The quantitative estimate of drug-likeness (QED) is 0.252. The van der Waals surface area contributed by atoms with Gasteiger partial charge in [-0.25, -0.2) is 4.79 Å². The average molecular weight is 360 g/mol. The maximum Gasteiger partial charge on any atom is 0.413 e.